The largest absolute Gasteiger partial charge is 0.393 e. The third-order valence-corrected chi connectivity index (χ3v) is 9.47. The van der Waals surface area contributed by atoms with Crippen molar-refractivity contribution < 1.29 is 9.90 Å². The van der Waals surface area contributed by atoms with Crippen molar-refractivity contribution in [2.24, 2.45) is 28.6 Å². The molecule has 0 radical (unpaired) electrons. The summed E-state index contributed by atoms with van der Waals surface area (Å²) < 4.78 is 0. The van der Waals surface area contributed by atoms with E-state index in [1.165, 1.54) is 11.3 Å². The smallest absolute Gasteiger partial charge is 0.165 e. The Morgan fingerprint density at radius 3 is 2.42 bits per heavy atom. The van der Waals surface area contributed by atoms with Crippen LogP contribution in [-0.2, 0) is 4.79 Å². The van der Waals surface area contributed by atoms with Crippen LogP contribution in [0.1, 0.15) is 64.4 Å². The first-order chi connectivity index (χ1) is 14.7. The Kier molecular flexibility index (Phi) is 4.97. The second-order valence-corrected chi connectivity index (χ2v) is 11.3. The summed E-state index contributed by atoms with van der Waals surface area (Å²) >= 11 is 0. The van der Waals surface area contributed by atoms with Crippen LogP contribution in [0.4, 0.5) is 5.69 Å². The van der Waals surface area contributed by atoms with Crippen molar-refractivity contribution in [1.29, 1.82) is 0 Å². The number of nitrogens with zero attached hydrogens (tertiary/aromatic N) is 1. The molecule has 1 aromatic rings. The zero-order valence-electron chi connectivity index (χ0n) is 19.5. The predicted molar refractivity (Wildman–Crippen MR) is 127 cm³/mol. The molecule has 4 aliphatic carbocycles. The quantitative estimate of drug-likeness (QED) is 0.498. The molecule has 0 spiro atoms. The highest BCUT2D eigenvalue weighted by molar-refractivity contribution is 6.06. The molecular formula is C28H37NO2. The van der Waals surface area contributed by atoms with E-state index >= 15 is 0 Å². The molecule has 0 amide bonds. The molecule has 6 atom stereocenters. The lowest BCUT2D eigenvalue weighted by Gasteiger charge is -2.56. The number of carbonyl (C=O) groups excluding carboxylic acids is 1. The highest BCUT2D eigenvalue weighted by Gasteiger charge is 2.59. The van der Waals surface area contributed by atoms with Gasteiger partial charge in [-0.3, -0.25) is 4.79 Å². The van der Waals surface area contributed by atoms with Crippen LogP contribution in [0.5, 0.6) is 0 Å². The fourth-order valence-electron chi connectivity index (χ4n) is 7.51. The van der Waals surface area contributed by atoms with Crippen molar-refractivity contribution in [3.8, 4) is 0 Å². The van der Waals surface area contributed by atoms with Crippen LogP contribution in [0.2, 0.25) is 0 Å². The van der Waals surface area contributed by atoms with Gasteiger partial charge in [0.1, 0.15) is 0 Å². The van der Waals surface area contributed by atoms with Crippen molar-refractivity contribution in [3.05, 3.63) is 47.1 Å². The molecule has 3 saturated carbocycles. The highest BCUT2D eigenvalue weighted by atomic mass is 16.3. The van der Waals surface area contributed by atoms with Gasteiger partial charge in [0.05, 0.1) is 6.10 Å². The van der Waals surface area contributed by atoms with Crippen molar-refractivity contribution in [3.63, 3.8) is 0 Å². The number of hydrogen-bond donors (Lipinski definition) is 1. The molecule has 166 valence electrons. The van der Waals surface area contributed by atoms with Crippen molar-refractivity contribution >= 4 is 17.5 Å². The Labute approximate surface area is 187 Å². The maximum absolute atomic E-state index is 13.6. The van der Waals surface area contributed by atoms with Gasteiger partial charge in [0.25, 0.3) is 0 Å². The molecule has 4 aliphatic rings. The van der Waals surface area contributed by atoms with Gasteiger partial charge in [-0.25, -0.2) is 0 Å². The third kappa shape index (κ3) is 3.23. The van der Waals surface area contributed by atoms with Crippen LogP contribution in [0, 0.1) is 28.6 Å². The minimum absolute atomic E-state index is 0.161. The summed E-state index contributed by atoms with van der Waals surface area (Å²) in [7, 11) is 4.10. The molecule has 0 aliphatic heterocycles. The molecule has 1 N–H and O–H groups in total. The summed E-state index contributed by atoms with van der Waals surface area (Å²) in [6.45, 7) is 4.70. The van der Waals surface area contributed by atoms with Crippen LogP contribution in [0.25, 0.3) is 6.08 Å². The molecule has 31 heavy (non-hydrogen) atoms. The monoisotopic (exact) mass is 419 g/mol. The van der Waals surface area contributed by atoms with Gasteiger partial charge in [0.15, 0.2) is 5.78 Å². The SMILES string of the molecule is CN(C)c1ccc(/C=C2/C[C@@H]3[C@H]4CC=C5C[C@@H](O)CC[C@]5(C)[C@@H]4CC[C@@]3(C)C2=O)cc1. The molecule has 0 bridgehead atoms. The van der Waals surface area contributed by atoms with Crippen molar-refractivity contribution in [1.82, 2.24) is 0 Å². The topological polar surface area (TPSA) is 40.5 Å². The van der Waals surface area contributed by atoms with Crippen LogP contribution < -0.4 is 4.90 Å². The van der Waals surface area contributed by atoms with Crippen LogP contribution in [-0.4, -0.2) is 31.1 Å². The summed E-state index contributed by atoms with van der Waals surface area (Å²) in [4.78, 5) is 15.7. The molecule has 5 rings (SSSR count). The van der Waals surface area contributed by atoms with E-state index in [1.54, 1.807) is 0 Å². The molecule has 3 heteroatoms. The van der Waals surface area contributed by atoms with Gasteiger partial charge in [-0.2, -0.15) is 0 Å². The molecule has 0 aromatic heterocycles. The molecule has 3 fully saturated rings. The molecule has 1 aromatic carbocycles. The second kappa shape index (κ2) is 7.33. The Hall–Kier alpha value is -1.87. The fourth-order valence-corrected chi connectivity index (χ4v) is 7.51. The molecule has 0 unspecified atom stereocenters. The Morgan fingerprint density at radius 1 is 1.00 bits per heavy atom. The van der Waals surface area contributed by atoms with Gasteiger partial charge >= 0.3 is 0 Å². The van der Waals surface area contributed by atoms with E-state index in [2.05, 4.69) is 55.2 Å². The second-order valence-electron chi connectivity index (χ2n) is 11.3. The van der Waals surface area contributed by atoms with Gasteiger partial charge < -0.3 is 10.0 Å². The zero-order valence-corrected chi connectivity index (χ0v) is 19.5. The number of carbonyl (C=O) groups is 1. The van der Waals surface area contributed by atoms with Gasteiger partial charge in [0, 0.05) is 25.2 Å². The molecule has 0 heterocycles. The number of rotatable bonds is 2. The molecule has 0 saturated heterocycles. The van der Waals surface area contributed by atoms with Crippen molar-refractivity contribution in [2.45, 2.75) is 64.9 Å². The van der Waals surface area contributed by atoms with E-state index in [4.69, 9.17) is 0 Å². The average Bonchev–Trinajstić information content (AvgIpc) is 2.99. The highest BCUT2D eigenvalue weighted by Crippen LogP contribution is 2.64. The number of ketones is 1. The standard InChI is InChI=1S/C28H37NO2/c1-27-13-11-22(30)17-20(27)7-10-23-24(27)12-14-28(2)25(23)16-19(26(28)31)15-18-5-8-21(9-6-18)29(3)4/h5-9,15,22-25,30H,10-14,16-17H2,1-4H3/b19-15-/t22-,23-,24+,25+,27-,28+/m0/s1. The lowest BCUT2D eigenvalue weighted by molar-refractivity contribution is -0.130. The number of aliphatic hydroxyl groups is 1. The van der Waals surface area contributed by atoms with E-state index in [0.717, 1.165) is 56.1 Å². The Balaban J connectivity index is 1.44. The number of Topliss-reactive ketones (excluding diaryl/α,β-unsaturated/α-hetero) is 1. The lowest BCUT2D eigenvalue weighted by Crippen LogP contribution is -2.50. The number of fused-ring (bicyclic) bond motifs is 5. The Morgan fingerprint density at radius 2 is 1.71 bits per heavy atom. The number of benzene rings is 1. The van der Waals surface area contributed by atoms with Crippen LogP contribution >= 0.6 is 0 Å². The van der Waals surface area contributed by atoms with Gasteiger partial charge in [-0.05, 0) is 97.5 Å². The van der Waals surface area contributed by atoms with Gasteiger partial charge in [-0.1, -0.05) is 37.6 Å². The normalized spacial score (nSPS) is 40.7. The van der Waals surface area contributed by atoms with Crippen molar-refractivity contribution in [2.75, 3.05) is 19.0 Å². The fraction of sp³-hybridized carbons (Fsp3) is 0.607. The van der Waals surface area contributed by atoms with Crippen LogP contribution in [0.3, 0.4) is 0 Å². The van der Waals surface area contributed by atoms with Gasteiger partial charge in [0.2, 0.25) is 0 Å². The first-order valence-corrected chi connectivity index (χ1v) is 12.1. The van der Waals surface area contributed by atoms with E-state index in [0.29, 0.717) is 23.5 Å². The minimum Gasteiger partial charge on any atom is -0.393 e. The summed E-state index contributed by atoms with van der Waals surface area (Å²) in [5, 5.41) is 10.2. The zero-order chi connectivity index (χ0) is 22.0. The number of hydrogen-bond acceptors (Lipinski definition) is 3. The first-order valence-electron chi connectivity index (χ1n) is 12.1. The van der Waals surface area contributed by atoms with E-state index < -0.39 is 0 Å². The minimum atomic E-state index is -0.202. The summed E-state index contributed by atoms with van der Waals surface area (Å²) in [5.74, 6) is 2.09. The maximum atomic E-state index is 13.6. The van der Waals surface area contributed by atoms with E-state index in [1.807, 2.05) is 14.1 Å². The number of anilines is 1. The molecular weight excluding hydrogens is 382 g/mol. The summed E-state index contributed by atoms with van der Waals surface area (Å²) in [6.07, 6.45) is 11.5. The number of allylic oxidation sites excluding steroid dienone is 2. The average molecular weight is 420 g/mol. The predicted octanol–water partition coefficient (Wildman–Crippen LogP) is 5.64. The van der Waals surface area contributed by atoms with E-state index in [9.17, 15) is 9.90 Å². The third-order valence-electron chi connectivity index (χ3n) is 9.47. The lowest BCUT2D eigenvalue weighted by atomic mass is 9.48. The number of aliphatic hydroxyl groups excluding tert-OH is 1. The summed E-state index contributed by atoms with van der Waals surface area (Å²) in [6, 6.07) is 8.52. The van der Waals surface area contributed by atoms with Gasteiger partial charge in [-0.15, -0.1) is 0 Å². The summed E-state index contributed by atoms with van der Waals surface area (Å²) in [5.41, 5.74) is 4.86. The first kappa shape index (κ1) is 21.0. The van der Waals surface area contributed by atoms with E-state index in [-0.39, 0.29) is 16.9 Å². The maximum Gasteiger partial charge on any atom is 0.165 e. The Bertz CT molecular complexity index is 942. The van der Waals surface area contributed by atoms with Crippen LogP contribution in [0.15, 0.2) is 41.5 Å². The molecule has 3 nitrogen and oxygen atoms in total.